The van der Waals surface area contributed by atoms with Crippen LogP contribution in [0.3, 0.4) is 0 Å². The lowest BCUT2D eigenvalue weighted by molar-refractivity contribution is 0.369. The summed E-state index contributed by atoms with van der Waals surface area (Å²) in [5, 5.41) is 126. The Bertz CT molecular complexity index is 2460. The van der Waals surface area contributed by atoms with Gasteiger partial charge < -0.3 is 70.4 Å². The molecular formula is C36H24N2O12. The van der Waals surface area contributed by atoms with Gasteiger partial charge in [-0.2, -0.15) is 0 Å². The number of hydrogen-bond donors (Lipinski definition) is 12. The minimum absolute atomic E-state index is 0.106. The summed E-state index contributed by atoms with van der Waals surface area (Å²) in [7, 11) is 0. The van der Waals surface area contributed by atoms with E-state index in [-0.39, 0.29) is 43.6 Å². The van der Waals surface area contributed by atoms with E-state index in [4.69, 9.17) is 0 Å². The quantitative estimate of drug-likeness (QED) is 0.0961. The van der Waals surface area contributed by atoms with Gasteiger partial charge in [-0.05, 0) is 35.4 Å². The molecule has 14 nitrogen and oxygen atoms in total. The van der Waals surface area contributed by atoms with Gasteiger partial charge in [0.15, 0.2) is 46.0 Å². The van der Waals surface area contributed by atoms with Crippen LogP contribution >= 0.6 is 0 Å². The van der Waals surface area contributed by atoms with Crippen LogP contribution in [-0.4, -0.2) is 70.4 Å². The first kappa shape index (κ1) is 29.9. The molecule has 0 spiro atoms. The molecule has 0 aliphatic rings. The summed E-state index contributed by atoms with van der Waals surface area (Å²) in [4.78, 5) is 0. The van der Waals surface area contributed by atoms with Gasteiger partial charge in [-0.3, -0.25) is 0 Å². The van der Waals surface area contributed by atoms with Crippen molar-refractivity contribution in [1.29, 1.82) is 0 Å². The molecule has 0 aliphatic carbocycles. The average Bonchev–Trinajstić information content (AvgIpc) is 3.60. The molecule has 0 amide bonds. The van der Waals surface area contributed by atoms with Crippen molar-refractivity contribution in [3.8, 4) is 91.5 Å². The van der Waals surface area contributed by atoms with Gasteiger partial charge in [0.05, 0.1) is 43.6 Å². The van der Waals surface area contributed by atoms with Gasteiger partial charge >= 0.3 is 0 Å². The number of nitrogens with zero attached hydrogens (tertiary/aromatic N) is 2. The van der Waals surface area contributed by atoms with Crippen molar-refractivity contribution in [1.82, 2.24) is 9.13 Å². The Kier molecular flexibility index (Phi) is 5.98. The summed E-state index contributed by atoms with van der Waals surface area (Å²) in [5.74, 6) is -9.16. The maximum Gasteiger partial charge on any atom is 0.201 e. The Balaban J connectivity index is 1.38. The Hall–Kier alpha value is -7.48. The highest BCUT2D eigenvalue weighted by atomic mass is 16.3. The molecule has 2 heterocycles. The molecule has 12 N–H and O–H groups in total. The third-order valence-electron chi connectivity index (χ3n) is 8.94. The van der Waals surface area contributed by atoms with Gasteiger partial charge in [-0.1, -0.05) is 24.3 Å². The third kappa shape index (κ3) is 3.83. The van der Waals surface area contributed by atoms with Gasteiger partial charge in [0.2, 0.25) is 23.0 Å². The van der Waals surface area contributed by atoms with Crippen molar-refractivity contribution < 1.29 is 61.3 Å². The third-order valence-corrected chi connectivity index (χ3v) is 8.94. The molecule has 0 aliphatic heterocycles. The highest BCUT2D eigenvalue weighted by Gasteiger charge is 2.27. The molecule has 6 aromatic carbocycles. The van der Waals surface area contributed by atoms with Crippen LogP contribution in [-0.2, 0) is 0 Å². The number of aromatic hydroxyl groups is 12. The first-order valence-electron chi connectivity index (χ1n) is 14.7. The molecule has 250 valence electrons. The fourth-order valence-electron chi connectivity index (χ4n) is 6.68. The molecule has 0 bridgehead atoms. The van der Waals surface area contributed by atoms with Crippen LogP contribution in [0.25, 0.3) is 66.1 Å². The van der Waals surface area contributed by atoms with E-state index in [2.05, 4.69) is 0 Å². The van der Waals surface area contributed by atoms with Gasteiger partial charge in [0.25, 0.3) is 0 Å². The van der Waals surface area contributed by atoms with E-state index < -0.39 is 69.0 Å². The van der Waals surface area contributed by atoms with E-state index in [0.717, 1.165) is 24.3 Å². The van der Waals surface area contributed by atoms with E-state index in [0.29, 0.717) is 22.5 Å². The Labute approximate surface area is 278 Å². The Morgan fingerprint density at radius 2 is 0.560 bits per heavy atom. The minimum atomic E-state index is -0.854. The van der Waals surface area contributed by atoms with Crippen molar-refractivity contribution >= 4 is 43.6 Å². The molecule has 0 saturated carbocycles. The largest absolute Gasteiger partial charge is 0.504 e. The van der Waals surface area contributed by atoms with Gasteiger partial charge in [-0.15, -0.1) is 0 Å². The van der Waals surface area contributed by atoms with E-state index >= 15 is 0 Å². The summed E-state index contributed by atoms with van der Waals surface area (Å²) < 4.78 is 2.97. The number of benzene rings is 6. The fourth-order valence-corrected chi connectivity index (χ4v) is 6.68. The van der Waals surface area contributed by atoms with Crippen LogP contribution in [0, 0.1) is 0 Å². The van der Waals surface area contributed by atoms with Crippen LogP contribution < -0.4 is 0 Å². The lowest BCUT2D eigenvalue weighted by atomic mass is 10.0. The van der Waals surface area contributed by atoms with Crippen LogP contribution in [0.4, 0.5) is 0 Å². The number of phenolic OH excluding ortho intramolecular Hbond substituents is 12. The zero-order valence-electron chi connectivity index (χ0n) is 25.2. The lowest BCUT2D eigenvalue weighted by Crippen LogP contribution is -1.96. The summed E-state index contributed by atoms with van der Waals surface area (Å²) in [6, 6.07) is 18.2. The monoisotopic (exact) mass is 676 g/mol. The second-order valence-electron chi connectivity index (χ2n) is 11.7. The predicted octanol–water partition coefficient (Wildman–Crippen LogP) is 6.02. The van der Waals surface area contributed by atoms with E-state index in [1.54, 1.807) is 48.5 Å². The fraction of sp³-hybridized carbons (Fsp3) is 0. The Morgan fingerprint density at radius 1 is 0.300 bits per heavy atom. The van der Waals surface area contributed by atoms with Crippen LogP contribution in [0.15, 0.2) is 72.8 Å². The number of aromatic nitrogens is 2. The van der Waals surface area contributed by atoms with Crippen molar-refractivity contribution in [3.05, 3.63) is 72.8 Å². The second-order valence-corrected chi connectivity index (χ2v) is 11.7. The molecule has 50 heavy (non-hydrogen) atoms. The summed E-state index contributed by atoms with van der Waals surface area (Å²) in [6.07, 6.45) is 0. The van der Waals surface area contributed by atoms with Crippen molar-refractivity contribution in [2.75, 3.05) is 0 Å². The first-order valence-corrected chi connectivity index (χ1v) is 14.7. The van der Waals surface area contributed by atoms with E-state index in [9.17, 15) is 61.3 Å². The first-order chi connectivity index (χ1) is 23.8. The smallest absolute Gasteiger partial charge is 0.201 e. The SMILES string of the molecule is Oc1cc2c(c(O)c1O)c1c(O)c(O)c(O)cc1n2-c1cccc(-c2cccc(-n3c4cc(O)c(O)c(O)c4c4c(O)c(O)c(O)cc43)c2)c1. The molecule has 0 saturated heterocycles. The van der Waals surface area contributed by atoms with Crippen molar-refractivity contribution in [2.24, 2.45) is 0 Å². The molecule has 0 fully saturated rings. The molecule has 2 aromatic heterocycles. The van der Waals surface area contributed by atoms with Gasteiger partial charge in [0.1, 0.15) is 0 Å². The molecule has 0 atom stereocenters. The van der Waals surface area contributed by atoms with Crippen molar-refractivity contribution in [2.45, 2.75) is 0 Å². The molecule has 0 radical (unpaired) electrons. The number of phenols is 12. The van der Waals surface area contributed by atoms with E-state index in [1.165, 1.54) is 9.13 Å². The molecular weight excluding hydrogens is 652 g/mol. The van der Waals surface area contributed by atoms with Gasteiger partial charge in [-0.25, -0.2) is 0 Å². The van der Waals surface area contributed by atoms with E-state index in [1.807, 2.05) is 0 Å². The average molecular weight is 677 g/mol. The number of hydrogen-bond acceptors (Lipinski definition) is 12. The summed E-state index contributed by atoms with van der Waals surface area (Å²) >= 11 is 0. The number of fused-ring (bicyclic) bond motifs is 6. The zero-order valence-corrected chi connectivity index (χ0v) is 25.2. The molecule has 8 aromatic rings. The highest BCUT2D eigenvalue weighted by Crippen LogP contribution is 2.54. The van der Waals surface area contributed by atoms with Crippen LogP contribution in [0.2, 0.25) is 0 Å². The normalized spacial score (nSPS) is 11.8. The second kappa shape index (κ2) is 10.0. The summed E-state index contributed by atoms with van der Waals surface area (Å²) in [6.45, 7) is 0. The maximum atomic E-state index is 10.8. The Morgan fingerprint density at radius 3 is 0.820 bits per heavy atom. The zero-order chi connectivity index (χ0) is 35.5. The van der Waals surface area contributed by atoms with Gasteiger partial charge in [0, 0.05) is 35.6 Å². The van der Waals surface area contributed by atoms with Crippen molar-refractivity contribution in [3.63, 3.8) is 0 Å². The standard InChI is InChI=1S/C36H24N2O12/c39-21-9-17-25(33(47)29(21)43)26-18(10-22(40)30(44)34(26)48)37(17)15-5-1-3-13(7-15)14-4-2-6-16(8-14)38-19-11-23(41)31(45)35(49)27(19)28-20(38)12-24(42)32(46)36(28)50/h1-12,39-50H. The lowest BCUT2D eigenvalue weighted by Gasteiger charge is -2.13. The molecule has 0 unspecified atom stereocenters. The summed E-state index contributed by atoms with van der Waals surface area (Å²) in [5.41, 5.74) is 2.40. The minimum Gasteiger partial charge on any atom is -0.504 e. The predicted molar refractivity (Wildman–Crippen MR) is 181 cm³/mol. The maximum absolute atomic E-state index is 10.8. The topological polar surface area (TPSA) is 253 Å². The van der Waals surface area contributed by atoms with Crippen LogP contribution in [0.5, 0.6) is 69.0 Å². The highest BCUT2D eigenvalue weighted by molar-refractivity contribution is 6.18. The molecule has 8 rings (SSSR count). The number of rotatable bonds is 3. The molecule has 14 heteroatoms. The van der Waals surface area contributed by atoms with Crippen LogP contribution in [0.1, 0.15) is 0 Å².